The SMILES string of the molecule is CNCC(C=N)c1ccc2cc(NC(=O)C3CC3)ncc2c1. The summed E-state index contributed by atoms with van der Waals surface area (Å²) in [5.74, 6) is 0.913. The van der Waals surface area contributed by atoms with Gasteiger partial charge in [0.25, 0.3) is 0 Å². The summed E-state index contributed by atoms with van der Waals surface area (Å²) in [5, 5.41) is 15.6. The van der Waals surface area contributed by atoms with E-state index < -0.39 is 0 Å². The van der Waals surface area contributed by atoms with Crippen molar-refractivity contribution in [2.75, 3.05) is 18.9 Å². The standard InChI is InChI=1S/C17H20N4O/c1-19-9-15(8-18)12-4-5-13-7-16(20-10-14(13)6-12)21-17(22)11-2-3-11/h4-8,10-11,15,18-19H,2-3,9H2,1H3,(H,20,21,22). The van der Waals surface area contributed by atoms with Crippen LogP contribution in [-0.2, 0) is 4.79 Å². The van der Waals surface area contributed by atoms with E-state index >= 15 is 0 Å². The van der Waals surface area contributed by atoms with Crippen LogP contribution >= 0.6 is 0 Å². The molecule has 0 bridgehead atoms. The van der Waals surface area contributed by atoms with Crippen LogP contribution in [0.3, 0.4) is 0 Å². The number of hydrogen-bond acceptors (Lipinski definition) is 4. The second-order valence-electron chi connectivity index (χ2n) is 5.77. The zero-order valence-corrected chi connectivity index (χ0v) is 12.6. The van der Waals surface area contributed by atoms with Gasteiger partial charge in [-0.3, -0.25) is 4.79 Å². The minimum absolute atomic E-state index is 0.0589. The van der Waals surface area contributed by atoms with Crippen LogP contribution in [0.1, 0.15) is 24.3 Å². The maximum absolute atomic E-state index is 11.8. The van der Waals surface area contributed by atoms with E-state index in [-0.39, 0.29) is 17.7 Å². The van der Waals surface area contributed by atoms with E-state index in [9.17, 15) is 4.79 Å². The minimum Gasteiger partial charge on any atom is -0.319 e. The molecule has 0 saturated heterocycles. The van der Waals surface area contributed by atoms with E-state index in [0.717, 1.165) is 35.7 Å². The first-order valence-electron chi connectivity index (χ1n) is 7.57. The molecule has 1 unspecified atom stereocenters. The first-order chi connectivity index (χ1) is 10.7. The van der Waals surface area contributed by atoms with Crippen LogP contribution < -0.4 is 10.6 Å². The first kappa shape index (κ1) is 14.7. The third-order valence-electron chi connectivity index (χ3n) is 4.00. The second kappa shape index (κ2) is 6.23. The van der Waals surface area contributed by atoms with Gasteiger partial charge in [-0.25, -0.2) is 4.98 Å². The Labute approximate surface area is 129 Å². The van der Waals surface area contributed by atoms with Crippen molar-refractivity contribution < 1.29 is 4.79 Å². The molecular formula is C17H20N4O. The zero-order valence-electron chi connectivity index (χ0n) is 12.6. The molecule has 0 aliphatic heterocycles. The molecule has 0 spiro atoms. The summed E-state index contributed by atoms with van der Waals surface area (Å²) in [6, 6.07) is 8.01. The Kier molecular flexibility index (Phi) is 4.15. The van der Waals surface area contributed by atoms with Crippen LogP contribution in [-0.4, -0.2) is 30.7 Å². The Morgan fingerprint density at radius 3 is 2.91 bits per heavy atom. The summed E-state index contributed by atoms with van der Waals surface area (Å²) < 4.78 is 0. The van der Waals surface area contributed by atoms with Crippen molar-refractivity contribution >= 4 is 28.7 Å². The van der Waals surface area contributed by atoms with E-state index in [2.05, 4.69) is 21.7 Å². The molecule has 22 heavy (non-hydrogen) atoms. The molecular weight excluding hydrogens is 276 g/mol. The molecule has 2 aromatic rings. The number of carbonyl (C=O) groups is 1. The van der Waals surface area contributed by atoms with Gasteiger partial charge in [0.2, 0.25) is 5.91 Å². The maximum atomic E-state index is 11.8. The Morgan fingerprint density at radius 2 is 2.23 bits per heavy atom. The van der Waals surface area contributed by atoms with Crippen molar-refractivity contribution in [2.24, 2.45) is 5.92 Å². The summed E-state index contributed by atoms with van der Waals surface area (Å²) in [6.07, 6.45) is 5.20. The van der Waals surface area contributed by atoms with Crippen molar-refractivity contribution in [1.29, 1.82) is 5.41 Å². The fraction of sp³-hybridized carbons (Fsp3) is 0.353. The van der Waals surface area contributed by atoms with Gasteiger partial charge in [0.15, 0.2) is 0 Å². The van der Waals surface area contributed by atoms with Gasteiger partial charge in [-0.1, -0.05) is 12.1 Å². The van der Waals surface area contributed by atoms with Crippen molar-refractivity contribution in [1.82, 2.24) is 10.3 Å². The molecule has 3 N–H and O–H groups in total. The highest BCUT2D eigenvalue weighted by Gasteiger charge is 2.29. The molecule has 1 aliphatic rings. The Morgan fingerprint density at radius 1 is 1.41 bits per heavy atom. The molecule has 0 radical (unpaired) electrons. The van der Waals surface area contributed by atoms with Crippen molar-refractivity contribution in [3.05, 3.63) is 36.0 Å². The number of fused-ring (bicyclic) bond motifs is 1. The molecule has 1 aromatic carbocycles. The van der Waals surface area contributed by atoms with Gasteiger partial charge in [0.1, 0.15) is 5.82 Å². The number of rotatable bonds is 6. The predicted octanol–water partition coefficient (Wildman–Crippen LogP) is 2.54. The average molecular weight is 296 g/mol. The van der Waals surface area contributed by atoms with E-state index in [1.54, 1.807) is 6.20 Å². The van der Waals surface area contributed by atoms with E-state index in [1.807, 2.05) is 25.2 Å². The molecule has 5 nitrogen and oxygen atoms in total. The van der Waals surface area contributed by atoms with Gasteiger partial charge in [-0.15, -0.1) is 0 Å². The summed E-state index contributed by atoms with van der Waals surface area (Å²) in [6.45, 7) is 0.734. The summed E-state index contributed by atoms with van der Waals surface area (Å²) in [7, 11) is 1.88. The lowest BCUT2D eigenvalue weighted by Crippen LogP contribution is -2.18. The molecule has 1 saturated carbocycles. The maximum Gasteiger partial charge on any atom is 0.228 e. The number of aromatic nitrogens is 1. The lowest BCUT2D eigenvalue weighted by molar-refractivity contribution is -0.117. The average Bonchev–Trinajstić information content (AvgIpc) is 3.37. The highest BCUT2D eigenvalue weighted by atomic mass is 16.2. The van der Waals surface area contributed by atoms with E-state index in [4.69, 9.17) is 5.41 Å². The van der Waals surface area contributed by atoms with Crippen LogP contribution in [0.5, 0.6) is 0 Å². The minimum atomic E-state index is 0.0589. The third kappa shape index (κ3) is 3.14. The van der Waals surface area contributed by atoms with Crippen molar-refractivity contribution in [3.8, 4) is 0 Å². The fourth-order valence-corrected chi connectivity index (χ4v) is 2.53. The number of amides is 1. The summed E-state index contributed by atoms with van der Waals surface area (Å²) in [5.41, 5.74) is 1.09. The van der Waals surface area contributed by atoms with Crippen LogP contribution in [0, 0.1) is 11.3 Å². The third-order valence-corrected chi connectivity index (χ3v) is 4.00. The molecule has 3 rings (SSSR count). The summed E-state index contributed by atoms with van der Waals surface area (Å²) in [4.78, 5) is 16.1. The lowest BCUT2D eigenvalue weighted by Gasteiger charge is -2.12. The van der Waals surface area contributed by atoms with Gasteiger partial charge >= 0.3 is 0 Å². The van der Waals surface area contributed by atoms with E-state index in [1.165, 1.54) is 6.21 Å². The molecule has 1 amide bonds. The fourth-order valence-electron chi connectivity index (χ4n) is 2.53. The highest BCUT2D eigenvalue weighted by Crippen LogP contribution is 2.30. The van der Waals surface area contributed by atoms with Gasteiger partial charge in [0, 0.05) is 36.2 Å². The Bertz CT molecular complexity index is 709. The molecule has 1 atom stereocenters. The van der Waals surface area contributed by atoms with Crippen molar-refractivity contribution in [3.63, 3.8) is 0 Å². The first-order valence-corrected chi connectivity index (χ1v) is 7.57. The highest BCUT2D eigenvalue weighted by molar-refractivity contribution is 5.95. The molecule has 5 heteroatoms. The Balaban J connectivity index is 1.84. The number of pyridine rings is 1. The number of anilines is 1. The van der Waals surface area contributed by atoms with Gasteiger partial charge in [-0.05, 0) is 43.0 Å². The molecule has 1 heterocycles. The van der Waals surface area contributed by atoms with Crippen LogP contribution in [0.4, 0.5) is 5.82 Å². The quantitative estimate of drug-likeness (QED) is 0.717. The summed E-state index contributed by atoms with van der Waals surface area (Å²) >= 11 is 0. The monoisotopic (exact) mass is 296 g/mol. The van der Waals surface area contributed by atoms with Crippen LogP contribution in [0.2, 0.25) is 0 Å². The second-order valence-corrected chi connectivity index (χ2v) is 5.77. The molecule has 1 fully saturated rings. The van der Waals surface area contributed by atoms with E-state index in [0.29, 0.717) is 5.82 Å². The molecule has 1 aromatic heterocycles. The predicted molar refractivity (Wildman–Crippen MR) is 88.5 cm³/mol. The molecule has 114 valence electrons. The smallest absolute Gasteiger partial charge is 0.228 e. The van der Waals surface area contributed by atoms with Crippen molar-refractivity contribution in [2.45, 2.75) is 18.8 Å². The Hall–Kier alpha value is -2.27. The number of hydrogen-bond donors (Lipinski definition) is 3. The number of nitrogens with zero attached hydrogens (tertiary/aromatic N) is 1. The topological polar surface area (TPSA) is 77.9 Å². The van der Waals surface area contributed by atoms with Gasteiger partial charge in [-0.2, -0.15) is 0 Å². The number of likely N-dealkylation sites (N-methyl/N-ethyl adjacent to an activating group) is 1. The number of nitrogens with one attached hydrogen (secondary N) is 3. The molecule has 1 aliphatic carbocycles. The number of benzene rings is 1. The van der Waals surface area contributed by atoms with Crippen LogP contribution in [0.15, 0.2) is 30.5 Å². The largest absolute Gasteiger partial charge is 0.319 e. The lowest BCUT2D eigenvalue weighted by atomic mass is 9.98. The zero-order chi connectivity index (χ0) is 15.5. The van der Waals surface area contributed by atoms with Crippen LogP contribution in [0.25, 0.3) is 10.8 Å². The normalized spacial score (nSPS) is 15.5. The number of carbonyl (C=O) groups excluding carboxylic acids is 1. The van der Waals surface area contributed by atoms with Gasteiger partial charge in [0.05, 0.1) is 0 Å². The van der Waals surface area contributed by atoms with Gasteiger partial charge < -0.3 is 16.0 Å².